The lowest BCUT2D eigenvalue weighted by atomic mass is 10.1. The first-order valence-corrected chi connectivity index (χ1v) is 6.96. The van der Waals surface area contributed by atoms with Crippen molar-refractivity contribution in [3.8, 4) is 11.5 Å². The molecule has 6 heteroatoms. The quantitative estimate of drug-likeness (QED) is 0.866. The van der Waals surface area contributed by atoms with Gasteiger partial charge in [0.25, 0.3) is 5.91 Å². The van der Waals surface area contributed by atoms with E-state index in [1.54, 1.807) is 17.0 Å². The van der Waals surface area contributed by atoms with Gasteiger partial charge in [0.05, 0.1) is 25.2 Å². The van der Waals surface area contributed by atoms with Crippen molar-refractivity contribution >= 4 is 17.5 Å². The van der Waals surface area contributed by atoms with Crippen LogP contribution < -0.4 is 4.74 Å². The predicted octanol–water partition coefficient (Wildman–Crippen LogP) is 1.87. The van der Waals surface area contributed by atoms with Crippen molar-refractivity contribution in [2.75, 3.05) is 26.1 Å². The van der Waals surface area contributed by atoms with Gasteiger partial charge in [-0.25, -0.2) is 0 Å². The van der Waals surface area contributed by atoms with E-state index in [0.717, 1.165) is 0 Å². The van der Waals surface area contributed by atoms with Gasteiger partial charge in [0, 0.05) is 18.7 Å². The van der Waals surface area contributed by atoms with Crippen LogP contribution in [-0.4, -0.2) is 54.2 Å². The molecule has 110 valence electrons. The van der Waals surface area contributed by atoms with Gasteiger partial charge in [0.1, 0.15) is 0 Å². The summed E-state index contributed by atoms with van der Waals surface area (Å²) in [6.07, 6.45) is -0.209. The Hall–Kier alpha value is -1.46. The molecule has 2 unspecified atom stereocenters. The number of hydrogen-bond donors (Lipinski definition) is 1. The minimum Gasteiger partial charge on any atom is -0.504 e. The first-order valence-electron chi connectivity index (χ1n) is 6.42. The summed E-state index contributed by atoms with van der Waals surface area (Å²) in [6, 6.07) is 4.62. The number of ether oxygens (including phenoxy) is 2. The van der Waals surface area contributed by atoms with Crippen molar-refractivity contribution in [3.63, 3.8) is 0 Å². The Bertz CT molecular complexity index is 494. The van der Waals surface area contributed by atoms with Crippen LogP contribution in [0.15, 0.2) is 18.2 Å². The summed E-state index contributed by atoms with van der Waals surface area (Å²) in [4.78, 5) is 14.1. The SMILES string of the molecule is COc1ccc(C(=O)N2CC(C)OC(CCl)C2)cc1O. The molecule has 5 nitrogen and oxygen atoms in total. The molecule has 0 aliphatic carbocycles. The highest BCUT2D eigenvalue weighted by molar-refractivity contribution is 6.18. The fraction of sp³-hybridized carbons (Fsp3) is 0.500. The molecule has 1 amide bonds. The third kappa shape index (κ3) is 3.16. The minimum absolute atomic E-state index is 0.0476. The Labute approximate surface area is 123 Å². The summed E-state index contributed by atoms with van der Waals surface area (Å²) in [7, 11) is 1.46. The lowest BCUT2D eigenvalue weighted by Gasteiger charge is -2.36. The maximum absolute atomic E-state index is 12.4. The minimum atomic E-state index is -0.156. The Balaban J connectivity index is 2.16. The van der Waals surface area contributed by atoms with Crippen LogP contribution in [0.1, 0.15) is 17.3 Å². The normalized spacial score (nSPS) is 22.6. The van der Waals surface area contributed by atoms with Crippen LogP contribution in [-0.2, 0) is 4.74 Å². The summed E-state index contributed by atoms with van der Waals surface area (Å²) < 4.78 is 10.6. The Morgan fingerprint density at radius 3 is 2.90 bits per heavy atom. The number of phenolic OH excluding ortho intramolecular Hbond substituents is 1. The number of amides is 1. The molecule has 1 aliphatic rings. The van der Waals surface area contributed by atoms with Crippen LogP contribution >= 0.6 is 11.6 Å². The summed E-state index contributed by atoms with van der Waals surface area (Å²) in [5, 5.41) is 9.75. The number of hydrogen-bond acceptors (Lipinski definition) is 4. The number of phenols is 1. The lowest BCUT2D eigenvalue weighted by molar-refractivity contribution is -0.0570. The molecule has 2 rings (SSSR count). The van der Waals surface area contributed by atoms with Gasteiger partial charge < -0.3 is 19.5 Å². The van der Waals surface area contributed by atoms with Gasteiger partial charge in [-0.3, -0.25) is 4.79 Å². The molecule has 0 aromatic heterocycles. The van der Waals surface area contributed by atoms with Crippen LogP contribution in [0.25, 0.3) is 0 Å². The fourth-order valence-corrected chi connectivity index (χ4v) is 2.47. The summed E-state index contributed by atoms with van der Waals surface area (Å²) in [5.41, 5.74) is 0.422. The van der Waals surface area contributed by atoms with Crippen LogP contribution in [0.4, 0.5) is 0 Å². The smallest absolute Gasteiger partial charge is 0.254 e. The van der Waals surface area contributed by atoms with Gasteiger partial charge >= 0.3 is 0 Å². The van der Waals surface area contributed by atoms with Crippen molar-refractivity contribution in [2.24, 2.45) is 0 Å². The topological polar surface area (TPSA) is 59.0 Å². The largest absolute Gasteiger partial charge is 0.504 e. The highest BCUT2D eigenvalue weighted by Crippen LogP contribution is 2.27. The Kier molecular flexibility index (Phi) is 4.73. The van der Waals surface area contributed by atoms with Crippen LogP contribution in [0.5, 0.6) is 11.5 Å². The van der Waals surface area contributed by atoms with E-state index in [2.05, 4.69) is 0 Å². The monoisotopic (exact) mass is 299 g/mol. The number of morpholine rings is 1. The van der Waals surface area contributed by atoms with E-state index in [9.17, 15) is 9.90 Å². The molecular formula is C14H18ClNO4. The Morgan fingerprint density at radius 1 is 1.55 bits per heavy atom. The van der Waals surface area contributed by atoms with E-state index in [0.29, 0.717) is 30.3 Å². The molecule has 0 spiro atoms. The third-order valence-corrected chi connectivity index (χ3v) is 3.56. The predicted molar refractivity (Wildman–Crippen MR) is 75.6 cm³/mol. The van der Waals surface area contributed by atoms with Crippen LogP contribution in [0.3, 0.4) is 0 Å². The number of benzene rings is 1. The van der Waals surface area contributed by atoms with E-state index >= 15 is 0 Å². The zero-order chi connectivity index (χ0) is 14.7. The summed E-state index contributed by atoms with van der Waals surface area (Å²) in [6.45, 7) is 2.88. The molecule has 1 aromatic rings. The molecular weight excluding hydrogens is 282 g/mol. The standard InChI is InChI=1S/C14H18ClNO4/c1-9-7-16(8-11(6-15)20-9)14(18)10-3-4-13(19-2)12(17)5-10/h3-5,9,11,17H,6-8H2,1-2H3. The maximum atomic E-state index is 12.4. The lowest BCUT2D eigenvalue weighted by Crippen LogP contribution is -2.49. The highest BCUT2D eigenvalue weighted by atomic mass is 35.5. The molecule has 0 saturated carbocycles. The van der Waals surface area contributed by atoms with Gasteiger partial charge in [-0.1, -0.05) is 0 Å². The molecule has 1 aliphatic heterocycles. The molecule has 20 heavy (non-hydrogen) atoms. The van der Waals surface area contributed by atoms with Crippen LogP contribution in [0.2, 0.25) is 0 Å². The number of rotatable bonds is 3. The number of aromatic hydroxyl groups is 1. The van der Waals surface area contributed by atoms with E-state index in [1.165, 1.54) is 13.2 Å². The van der Waals surface area contributed by atoms with Gasteiger partial charge in [-0.15, -0.1) is 11.6 Å². The highest BCUT2D eigenvalue weighted by Gasteiger charge is 2.28. The number of carbonyl (C=O) groups excluding carboxylic acids is 1. The van der Waals surface area contributed by atoms with E-state index in [-0.39, 0.29) is 23.9 Å². The third-order valence-electron chi connectivity index (χ3n) is 3.21. The van der Waals surface area contributed by atoms with E-state index in [4.69, 9.17) is 21.1 Å². The van der Waals surface area contributed by atoms with Crippen molar-refractivity contribution in [2.45, 2.75) is 19.1 Å². The molecule has 2 atom stereocenters. The second kappa shape index (κ2) is 6.33. The molecule has 1 N–H and O–H groups in total. The molecule has 1 heterocycles. The average Bonchev–Trinajstić information content (AvgIpc) is 2.45. The van der Waals surface area contributed by atoms with Crippen molar-refractivity contribution in [1.82, 2.24) is 4.90 Å². The average molecular weight is 300 g/mol. The number of halogens is 1. The first-order chi connectivity index (χ1) is 9.55. The Morgan fingerprint density at radius 2 is 2.30 bits per heavy atom. The number of methoxy groups -OCH3 is 1. The number of nitrogens with zero attached hydrogens (tertiary/aromatic N) is 1. The molecule has 1 saturated heterocycles. The van der Waals surface area contributed by atoms with E-state index in [1.807, 2.05) is 6.92 Å². The zero-order valence-electron chi connectivity index (χ0n) is 11.5. The van der Waals surface area contributed by atoms with Crippen molar-refractivity contribution < 1.29 is 19.4 Å². The van der Waals surface area contributed by atoms with E-state index < -0.39 is 0 Å². The fourth-order valence-electron chi connectivity index (χ4n) is 2.30. The number of carbonyl (C=O) groups is 1. The second-order valence-electron chi connectivity index (χ2n) is 4.82. The van der Waals surface area contributed by atoms with Crippen molar-refractivity contribution in [3.05, 3.63) is 23.8 Å². The van der Waals surface area contributed by atoms with Gasteiger partial charge in [0.2, 0.25) is 0 Å². The molecule has 0 bridgehead atoms. The first kappa shape index (κ1) is 14.9. The second-order valence-corrected chi connectivity index (χ2v) is 5.13. The molecule has 0 radical (unpaired) electrons. The summed E-state index contributed by atoms with van der Waals surface area (Å²) >= 11 is 5.81. The zero-order valence-corrected chi connectivity index (χ0v) is 12.3. The molecule has 1 fully saturated rings. The van der Waals surface area contributed by atoms with Gasteiger partial charge in [-0.2, -0.15) is 0 Å². The maximum Gasteiger partial charge on any atom is 0.254 e. The molecule has 1 aromatic carbocycles. The number of alkyl halides is 1. The van der Waals surface area contributed by atoms with Gasteiger partial charge in [0.15, 0.2) is 11.5 Å². The van der Waals surface area contributed by atoms with Crippen LogP contribution in [0, 0.1) is 0 Å². The summed E-state index contributed by atoms with van der Waals surface area (Å²) in [5.74, 6) is 0.499. The van der Waals surface area contributed by atoms with Gasteiger partial charge in [-0.05, 0) is 25.1 Å². The van der Waals surface area contributed by atoms with Crippen molar-refractivity contribution in [1.29, 1.82) is 0 Å².